The maximum absolute atomic E-state index is 14.1. The lowest BCUT2D eigenvalue weighted by Crippen LogP contribution is -2.31. The summed E-state index contributed by atoms with van der Waals surface area (Å²) in [5, 5.41) is 0. The van der Waals surface area contributed by atoms with E-state index in [0.717, 1.165) is 33.9 Å². The topological polar surface area (TPSA) is 37.4 Å². The second-order valence-electron chi connectivity index (χ2n) is 16.2. The van der Waals surface area contributed by atoms with Gasteiger partial charge in [-0.15, -0.1) is 34.0 Å². The second-order valence-corrected chi connectivity index (χ2v) is 22.7. The third-order valence-electron chi connectivity index (χ3n) is 11.2. The number of imide groups is 1. The van der Waals surface area contributed by atoms with Crippen LogP contribution in [-0.2, 0) is 11.8 Å². The smallest absolute Gasteiger partial charge is 0.263 e. The van der Waals surface area contributed by atoms with E-state index in [9.17, 15) is 9.59 Å². The summed E-state index contributed by atoms with van der Waals surface area (Å²) < 4.78 is 0. The Kier molecular flexibility index (Phi) is 12.7. The largest absolute Gasteiger partial charge is 0.274 e. The number of aryl methyl sites for hydroxylation is 2. The lowest BCUT2D eigenvalue weighted by molar-refractivity contribution is 0.0651. The fourth-order valence-corrected chi connectivity index (χ4v) is 17.5. The van der Waals surface area contributed by atoms with E-state index in [1.807, 2.05) is 29.6 Å². The molecule has 282 valence electrons. The van der Waals surface area contributed by atoms with E-state index in [-0.39, 0.29) is 17.2 Å². The van der Waals surface area contributed by atoms with Crippen molar-refractivity contribution >= 4 is 55.9 Å². The molecular weight excluding hydrogens is 715 g/mol. The molecule has 0 radical (unpaired) electrons. The molecule has 52 heavy (non-hydrogen) atoms. The van der Waals surface area contributed by atoms with Crippen molar-refractivity contribution in [3.8, 4) is 19.5 Å². The maximum Gasteiger partial charge on any atom is 0.263 e. The van der Waals surface area contributed by atoms with Gasteiger partial charge in [0.1, 0.15) is 0 Å². The highest BCUT2D eigenvalue weighted by Crippen LogP contribution is 2.80. The van der Waals surface area contributed by atoms with Crippen molar-refractivity contribution in [3.63, 3.8) is 0 Å². The molecule has 7 heteroatoms. The average Bonchev–Trinajstić information content (AvgIpc) is 3.92. The minimum Gasteiger partial charge on any atom is -0.274 e. The molecule has 5 heterocycles. The van der Waals surface area contributed by atoms with Crippen molar-refractivity contribution in [3.05, 3.63) is 62.8 Å². The molecule has 3 aromatic heterocycles. The Labute approximate surface area is 328 Å². The van der Waals surface area contributed by atoms with Crippen LogP contribution in [0.1, 0.15) is 162 Å². The standard InChI is InChI=1S/C45H61NO2S4/c1-9-13-16-17-18-19-26-46-43(47)38-30(5)49-40(39(38)44(46)48)34-27-35-41(50-34)42-36(28-37(51-42)45(6,7)8)52(35,29-31(12-4)20-14-10-2)33-24-22-32(23-25-33)21-15-11-3/h22-25,27-28,31H,9-21,26,29H2,1-8H3. The van der Waals surface area contributed by atoms with Gasteiger partial charge >= 0.3 is 0 Å². The van der Waals surface area contributed by atoms with E-state index >= 15 is 0 Å². The van der Waals surface area contributed by atoms with Gasteiger partial charge in [-0.05, 0) is 84.4 Å². The van der Waals surface area contributed by atoms with Crippen molar-refractivity contribution in [2.75, 3.05) is 12.3 Å². The van der Waals surface area contributed by atoms with Gasteiger partial charge in [-0.2, -0.15) is 10.0 Å². The van der Waals surface area contributed by atoms with Crippen molar-refractivity contribution in [2.24, 2.45) is 5.92 Å². The number of benzene rings is 1. The van der Waals surface area contributed by atoms with E-state index in [1.165, 1.54) is 99.9 Å². The van der Waals surface area contributed by atoms with Crippen molar-refractivity contribution in [2.45, 2.75) is 159 Å². The first-order valence-electron chi connectivity index (χ1n) is 20.2. The van der Waals surface area contributed by atoms with Crippen LogP contribution in [0.15, 0.2) is 51.1 Å². The molecule has 2 aliphatic rings. The summed E-state index contributed by atoms with van der Waals surface area (Å²) >= 11 is 5.53. The van der Waals surface area contributed by atoms with Crippen LogP contribution in [0.3, 0.4) is 0 Å². The van der Waals surface area contributed by atoms with Gasteiger partial charge < -0.3 is 0 Å². The first-order valence-corrected chi connectivity index (χ1v) is 24.4. The van der Waals surface area contributed by atoms with Crippen LogP contribution in [0.4, 0.5) is 0 Å². The molecule has 0 spiro atoms. The van der Waals surface area contributed by atoms with E-state index in [0.29, 0.717) is 23.6 Å². The predicted octanol–water partition coefficient (Wildman–Crippen LogP) is 14.9. The van der Waals surface area contributed by atoms with E-state index in [1.54, 1.807) is 21.1 Å². The van der Waals surface area contributed by atoms with Gasteiger partial charge in [0, 0.05) is 31.0 Å². The molecule has 6 rings (SSSR count). The number of thiophene rings is 3. The van der Waals surface area contributed by atoms with Crippen LogP contribution in [0.2, 0.25) is 0 Å². The van der Waals surface area contributed by atoms with Crippen molar-refractivity contribution < 1.29 is 9.59 Å². The molecular formula is C45H61NO2S4. The highest BCUT2D eigenvalue weighted by atomic mass is 32.3. The quantitative estimate of drug-likeness (QED) is 0.0745. The van der Waals surface area contributed by atoms with Gasteiger partial charge in [-0.3, -0.25) is 14.5 Å². The number of nitrogens with zero attached hydrogens (tertiary/aromatic N) is 1. The summed E-state index contributed by atoms with van der Waals surface area (Å²) in [6.45, 7) is 18.8. The molecule has 0 bridgehead atoms. The maximum atomic E-state index is 14.1. The Morgan fingerprint density at radius 3 is 2.02 bits per heavy atom. The van der Waals surface area contributed by atoms with Gasteiger partial charge in [0.25, 0.3) is 11.8 Å². The van der Waals surface area contributed by atoms with E-state index in [4.69, 9.17) is 0 Å². The summed E-state index contributed by atoms with van der Waals surface area (Å²) in [5.41, 5.74) is 2.81. The zero-order chi connectivity index (χ0) is 37.2. The van der Waals surface area contributed by atoms with Crippen LogP contribution < -0.4 is 0 Å². The molecule has 2 aliphatic heterocycles. The minimum absolute atomic E-state index is 0.0642. The lowest BCUT2D eigenvalue weighted by Gasteiger charge is -2.41. The highest BCUT2D eigenvalue weighted by molar-refractivity contribution is 8.34. The molecule has 0 saturated heterocycles. The second kappa shape index (κ2) is 16.7. The summed E-state index contributed by atoms with van der Waals surface area (Å²) in [6.07, 6.45) is 15.3. The Morgan fingerprint density at radius 1 is 0.712 bits per heavy atom. The lowest BCUT2D eigenvalue weighted by atomic mass is 9.95. The molecule has 0 fully saturated rings. The Hall–Kier alpha value is -2.19. The number of carbonyl (C=O) groups excluding carboxylic acids is 2. The van der Waals surface area contributed by atoms with Crippen LogP contribution in [-0.4, -0.2) is 29.0 Å². The minimum atomic E-state index is -1.57. The van der Waals surface area contributed by atoms with Gasteiger partial charge in [0.05, 0.1) is 25.8 Å². The Balaban J connectivity index is 1.47. The van der Waals surface area contributed by atoms with Gasteiger partial charge in [-0.1, -0.05) is 118 Å². The molecule has 0 saturated carbocycles. The van der Waals surface area contributed by atoms with E-state index < -0.39 is 10.0 Å². The predicted molar refractivity (Wildman–Crippen MR) is 229 cm³/mol. The molecule has 4 aromatic rings. The highest BCUT2D eigenvalue weighted by Gasteiger charge is 2.47. The van der Waals surface area contributed by atoms with Gasteiger partial charge in [0.2, 0.25) is 0 Å². The number of fused-ring (bicyclic) bond motifs is 4. The fraction of sp³-hybridized carbons (Fsp3) is 0.556. The number of hydrogen-bond donors (Lipinski definition) is 0. The monoisotopic (exact) mass is 775 g/mol. The Morgan fingerprint density at radius 2 is 1.35 bits per heavy atom. The molecule has 3 nitrogen and oxygen atoms in total. The molecule has 1 aromatic carbocycles. The van der Waals surface area contributed by atoms with Crippen LogP contribution in [0.25, 0.3) is 19.5 Å². The fourth-order valence-electron chi connectivity index (χ4n) is 8.03. The molecule has 2 atom stereocenters. The normalized spacial score (nSPS) is 18.5. The molecule has 0 aliphatic carbocycles. The zero-order valence-electron chi connectivity index (χ0n) is 33.0. The van der Waals surface area contributed by atoms with Crippen LogP contribution in [0.5, 0.6) is 0 Å². The molecule has 2 amide bonds. The molecule has 2 unspecified atom stereocenters. The van der Waals surface area contributed by atoms with Gasteiger partial charge in [-0.25, -0.2) is 0 Å². The SMILES string of the molecule is CCCCCCCCN1C(=O)c2c(C)sc(-c3cc4c(s3)-c3sc(C(C)(C)C)cc3S4(CC(CC)CCCC)c3ccc(CCCC)cc3)c2C1=O. The molecule has 0 N–H and O–H groups in total. The summed E-state index contributed by atoms with van der Waals surface area (Å²) in [5.74, 6) is 1.63. The number of unbranched alkanes of at least 4 members (excludes halogenated alkanes) is 7. The number of carbonyl (C=O) groups is 2. The van der Waals surface area contributed by atoms with Crippen LogP contribution in [0, 0.1) is 12.8 Å². The third kappa shape index (κ3) is 7.42. The summed E-state index contributed by atoms with van der Waals surface area (Å²) in [4.78, 5) is 41.5. The summed E-state index contributed by atoms with van der Waals surface area (Å²) in [6, 6.07) is 14.9. The van der Waals surface area contributed by atoms with Gasteiger partial charge in [0.15, 0.2) is 0 Å². The summed E-state index contributed by atoms with van der Waals surface area (Å²) in [7, 11) is -1.57. The first-order chi connectivity index (χ1) is 25.0. The average molecular weight is 776 g/mol. The van der Waals surface area contributed by atoms with Crippen LogP contribution >= 0.6 is 44.0 Å². The number of hydrogen-bond acceptors (Lipinski definition) is 5. The zero-order valence-corrected chi connectivity index (χ0v) is 36.3. The Bertz CT molecular complexity index is 1870. The number of rotatable bonds is 18. The van der Waals surface area contributed by atoms with E-state index in [2.05, 4.69) is 84.9 Å². The third-order valence-corrected chi connectivity index (χ3v) is 19.8. The van der Waals surface area contributed by atoms with Crippen molar-refractivity contribution in [1.82, 2.24) is 4.90 Å². The van der Waals surface area contributed by atoms with Crippen molar-refractivity contribution in [1.29, 1.82) is 0 Å². The first kappa shape index (κ1) is 39.5. The number of amides is 2.